The van der Waals surface area contributed by atoms with Gasteiger partial charge in [0, 0.05) is 6.42 Å². The number of allylic oxidation sites excluding steroid dienone is 1. The second-order valence-corrected chi connectivity index (χ2v) is 5.52. The van der Waals surface area contributed by atoms with Crippen molar-refractivity contribution < 1.29 is 24.2 Å². The lowest BCUT2D eigenvalue weighted by Crippen LogP contribution is -2.30. The summed E-state index contributed by atoms with van der Waals surface area (Å²) in [5.74, 6) is -0.396. The van der Waals surface area contributed by atoms with Gasteiger partial charge in [-0.3, -0.25) is 9.59 Å². The number of rotatable bonds is 10. The molecule has 0 rings (SSSR count). The van der Waals surface area contributed by atoms with Crippen LogP contribution in [0.25, 0.3) is 0 Å². The third-order valence-electron chi connectivity index (χ3n) is 3.10. The Morgan fingerprint density at radius 2 is 1.90 bits per heavy atom. The Hall–Kier alpha value is -1.20. The summed E-state index contributed by atoms with van der Waals surface area (Å²) in [7, 11) is 0. The summed E-state index contributed by atoms with van der Waals surface area (Å²) in [5.41, 5.74) is -0.0565. The molecule has 0 aromatic heterocycles. The Kier molecular flexibility index (Phi) is 8.34. The fourth-order valence-electron chi connectivity index (χ4n) is 1.16. The van der Waals surface area contributed by atoms with E-state index in [1.807, 2.05) is 6.92 Å². The number of ether oxygens (including phenoxy) is 2. The molecule has 1 atom stereocenters. The van der Waals surface area contributed by atoms with E-state index in [0.29, 0.717) is 12.0 Å². The molecular weight excluding hydrogens is 260 g/mol. The molecule has 116 valence electrons. The first-order chi connectivity index (χ1) is 9.20. The van der Waals surface area contributed by atoms with E-state index in [9.17, 15) is 14.7 Å². The molecular formula is C15H26O5. The van der Waals surface area contributed by atoms with E-state index in [1.165, 1.54) is 0 Å². The van der Waals surface area contributed by atoms with Gasteiger partial charge in [0.15, 0.2) is 5.78 Å². The van der Waals surface area contributed by atoms with Crippen LogP contribution in [0.5, 0.6) is 0 Å². The van der Waals surface area contributed by atoms with Crippen LogP contribution in [0.15, 0.2) is 12.2 Å². The normalized spacial score (nSPS) is 12.8. The highest BCUT2D eigenvalue weighted by Gasteiger charge is 2.27. The smallest absolute Gasteiger partial charge is 0.311 e. The van der Waals surface area contributed by atoms with Crippen LogP contribution in [0.4, 0.5) is 0 Å². The third kappa shape index (κ3) is 7.40. The highest BCUT2D eigenvalue weighted by atomic mass is 16.5. The van der Waals surface area contributed by atoms with Crippen LogP contribution in [-0.4, -0.2) is 42.8 Å². The Bertz CT molecular complexity index is 346. The molecule has 0 aromatic carbocycles. The zero-order valence-corrected chi connectivity index (χ0v) is 12.9. The second kappa shape index (κ2) is 8.87. The second-order valence-electron chi connectivity index (χ2n) is 5.52. The van der Waals surface area contributed by atoms with Crippen molar-refractivity contribution in [1.82, 2.24) is 0 Å². The van der Waals surface area contributed by atoms with Crippen molar-refractivity contribution in [2.24, 2.45) is 5.41 Å². The van der Waals surface area contributed by atoms with Crippen molar-refractivity contribution in [2.45, 2.75) is 46.6 Å². The van der Waals surface area contributed by atoms with Gasteiger partial charge in [0.05, 0.1) is 18.6 Å². The fourth-order valence-corrected chi connectivity index (χ4v) is 1.16. The zero-order valence-electron chi connectivity index (χ0n) is 12.9. The number of Topliss-reactive ketones (excluding diaryl/α,β-unsaturated/α-hetero) is 1. The summed E-state index contributed by atoms with van der Waals surface area (Å²) in [4.78, 5) is 22.9. The van der Waals surface area contributed by atoms with Gasteiger partial charge >= 0.3 is 5.97 Å². The highest BCUT2D eigenvalue weighted by molar-refractivity contribution is 5.94. The van der Waals surface area contributed by atoms with E-state index in [1.54, 1.807) is 20.8 Å². The predicted molar refractivity (Wildman–Crippen MR) is 76.3 cm³/mol. The summed E-state index contributed by atoms with van der Waals surface area (Å²) < 4.78 is 10.2. The lowest BCUT2D eigenvalue weighted by molar-refractivity contribution is -0.158. The van der Waals surface area contributed by atoms with Crippen LogP contribution in [0.3, 0.4) is 0 Å². The molecule has 1 unspecified atom stereocenters. The number of esters is 1. The van der Waals surface area contributed by atoms with Crippen molar-refractivity contribution >= 4 is 11.8 Å². The molecule has 0 aliphatic rings. The average Bonchev–Trinajstić information content (AvgIpc) is 2.40. The quantitative estimate of drug-likeness (QED) is 0.377. The molecule has 1 N–H and O–H groups in total. The maximum absolute atomic E-state index is 11.7. The molecule has 0 saturated carbocycles. The molecule has 0 aliphatic carbocycles. The molecule has 0 spiro atoms. The summed E-state index contributed by atoms with van der Waals surface area (Å²) in [6.45, 7) is 10.8. The van der Waals surface area contributed by atoms with Crippen molar-refractivity contribution in [2.75, 3.05) is 19.8 Å². The van der Waals surface area contributed by atoms with Crippen LogP contribution in [0.1, 0.15) is 40.5 Å². The first-order valence-electron chi connectivity index (χ1n) is 6.82. The lowest BCUT2D eigenvalue weighted by atomic mass is 9.91. The molecule has 0 aliphatic heterocycles. The molecule has 0 saturated heterocycles. The summed E-state index contributed by atoms with van der Waals surface area (Å²) in [6, 6.07) is 0. The largest absolute Gasteiger partial charge is 0.462 e. The summed E-state index contributed by atoms with van der Waals surface area (Å²) >= 11 is 0. The van der Waals surface area contributed by atoms with E-state index < -0.39 is 11.5 Å². The van der Waals surface area contributed by atoms with Gasteiger partial charge in [-0.2, -0.15) is 0 Å². The van der Waals surface area contributed by atoms with Crippen molar-refractivity contribution in [3.8, 4) is 0 Å². The van der Waals surface area contributed by atoms with Gasteiger partial charge in [-0.15, -0.1) is 0 Å². The van der Waals surface area contributed by atoms with E-state index in [4.69, 9.17) is 9.47 Å². The molecule has 0 aromatic rings. The minimum Gasteiger partial charge on any atom is -0.462 e. The van der Waals surface area contributed by atoms with Crippen molar-refractivity contribution in [3.63, 3.8) is 0 Å². The predicted octanol–water partition coefficient (Wildman–Crippen LogP) is 1.88. The Balaban J connectivity index is 3.80. The first kappa shape index (κ1) is 18.8. The summed E-state index contributed by atoms with van der Waals surface area (Å²) in [5, 5.41) is 9.61. The number of aliphatic hydroxyl groups excluding tert-OH is 1. The minimum atomic E-state index is -0.883. The third-order valence-corrected chi connectivity index (χ3v) is 3.10. The van der Waals surface area contributed by atoms with E-state index >= 15 is 0 Å². The van der Waals surface area contributed by atoms with Gasteiger partial charge in [-0.1, -0.05) is 13.5 Å². The lowest BCUT2D eigenvalue weighted by Gasteiger charge is -2.21. The standard InChI is InChI=1S/C15H26O5/c1-6-15(4,5)14(18)20-10-12(16)9-19-8-7-13(17)11(2)3/h12,16H,2,6-10H2,1,3-5H3. The molecule has 0 radical (unpaired) electrons. The number of hydrogen-bond acceptors (Lipinski definition) is 5. The van der Waals surface area contributed by atoms with Gasteiger partial charge in [-0.05, 0) is 32.8 Å². The Labute approximate surface area is 121 Å². The average molecular weight is 286 g/mol. The topological polar surface area (TPSA) is 72.8 Å². The Morgan fingerprint density at radius 3 is 2.40 bits per heavy atom. The van der Waals surface area contributed by atoms with Crippen LogP contribution in [-0.2, 0) is 19.1 Å². The number of hydrogen-bond donors (Lipinski definition) is 1. The molecule has 0 fully saturated rings. The van der Waals surface area contributed by atoms with Crippen LogP contribution in [0.2, 0.25) is 0 Å². The monoisotopic (exact) mass is 286 g/mol. The van der Waals surface area contributed by atoms with Crippen LogP contribution < -0.4 is 0 Å². The van der Waals surface area contributed by atoms with Crippen LogP contribution >= 0.6 is 0 Å². The minimum absolute atomic E-state index is 0.0311. The SMILES string of the molecule is C=C(C)C(=O)CCOCC(O)COC(=O)C(C)(C)CC. The number of carbonyl (C=O) groups is 2. The van der Waals surface area contributed by atoms with Crippen molar-refractivity contribution in [3.05, 3.63) is 12.2 Å². The number of aliphatic hydroxyl groups is 1. The molecule has 0 heterocycles. The maximum atomic E-state index is 11.7. The van der Waals surface area contributed by atoms with Gasteiger partial charge in [0.25, 0.3) is 0 Å². The fraction of sp³-hybridized carbons (Fsp3) is 0.733. The van der Waals surface area contributed by atoms with Gasteiger partial charge < -0.3 is 14.6 Å². The Morgan fingerprint density at radius 1 is 1.30 bits per heavy atom. The van der Waals surface area contributed by atoms with E-state index in [0.717, 1.165) is 0 Å². The number of ketones is 1. The molecule has 0 bridgehead atoms. The zero-order chi connectivity index (χ0) is 15.8. The maximum Gasteiger partial charge on any atom is 0.311 e. The van der Waals surface area contributed by atoms with E-state index in [-0.39, 0.29) is 38.0 Å². The molecule has 5 nitrogen and oxygen atoms in total. The van der Waals surface area contributed by atoms with E-state index in [2.05, 4.69) is 6.58 Å². The van der Waals surface area contributed by atoms with Gasteiger partial charge in [0.2, 0.25) is 0 Å². The highest BCUT2D eigenvalue weighted by Crippen LogP contribution is 2.21. The molecule has 20 heavy (non-hydrogen) atoms. The molecule has 5 heteroatoms. The van der Waals surface area contributed by atoms with Gasteiger partial charge in [0.1, 0.15) is 12.7 Å². The first-order valence-corrected chi connectivity index (χ1v) is 6.82. The summed E-state index contributed by atoms with van der Waals surface area (Å²) in [6.07, 6.45) is 0.0260. The number of carbonyl (C=O) groups excluding carboxylic acids is 2. The van der Waals surface area contributed by atoms with Gasteiger partial charge in [-0.25, -0.2) is 0 Å². The van der Waals surface area contributed by atoms with Crippen molar-refractivity contribution in [1.29, 1.82) is 0 Å². The van der Waals surface area contributed by atoms with Crippen LogP contribution in [0, 0.1) is 5.41 Å². The molecule has 0 amide bonds.